The molecule has 1 fully saturated rings. The molecule has 2 N–H and O–H groups in total. The number of fused-ring (bicyclic) bond motifs is 1. The Morgan fingerprint density at radius 3 is 2.50 bits per heavy atom. The largest absolute Gasteiger partial charge is 0.439 e. The van der Waals surface area contributed by atoms with Crippen molar-refractivity contribution in [2.45, 2.75) is 25.2 Å². The molecule has 0 bridgehead atoms. The van der Waals surface area contributed by atoms with Crippen LogP contribution in [0.1, 0.15) is 29.9 Å². The predicted molar refractivity (Wildman–Crippen MR) is 79.6 cm³/mol. The zero-order valence-corrected chi connectivity index (χ0v) is 11.4. The SMILES string of the molecule is Cc1cccc2nc(C3(c4ccc(N)cc4)CC3)oc12. The molecule has 0 aliphatic heterocycles. The number of rotatable bonds is 2. The lowest BCUT2D eigenvalue weighted by atomic mass is 9.96. The summed E-state index contributed by atoms with van der Waals surface area (Å²) in [4.78, 5) is 4.71. The van der Waals surface area contributed by atoms with Crippen LogP contribution in [0.2, 0.25) is 0 Å². The van der Waals surface area contributed by atoms with E-state index < -0.39 is 0 Å². The van der Waals surface area contributed by atoms with Crippen molar-refractivity contribution in [2.75, 3.05) is 5.73 Å². The second-order valence-corrected chi connectivity index (χ2v) is 5.65. The normalized spacial score (nSPS) is 16.4. The Kier molecular flexibility index (Phi) is 2.22. The van der Waals surface area contributed by atoms with Gasteiger partial charge in [0.15, 0.2) is 5.58 Å². The van der Waals surface area contributed by atoms with Gasteiger partial charge in [0, 0.05) is 5.69 Å². The zero-order chi connectivity index (χ0) is 13.7. The van der Waals surface area contributed by atoms with Gasteiger partial charge in [-0.25, -0.2) is 4.98 Å². The maximum absolute atomic E-state index is 6.07. The molecule has 1 aliphatic rings. The molecule has 1 heterocycles. The quantitative estimate of drug-likeness (QED) is 0.716. The first-order valence-corrected chi connectivity index (χ1v) is 6.92. The summed E-state index contributed by atoms with van der Waals surface area (Å²) >= 11 is 0. The molecule has 0 spiro atoms. The fraction of sp³-hybridized carbons (Fsp3) is 0.235. The monoisotopic (exact) mass is 264 g/mol. The number of oxazole rings is 1. The Balaban J connectivity index is 1.86. The maximum atomic E-state index is 6.07. The lowest BCUT2D eigenvalue weighted by Crippen LogP contribution is -2.08. The summed E-state index contributed by atoms with van der Waals surface area (Å²) in [6.45, 7) is 2.06. The molecular weight excluding hydrogens is 248 g/mol. The molecule has 3 nitrogen and oxygen atoms in total. The third-order valence-corrected chi connectivity index (χ3v) is 4.23. The van der Waals surface area contributed by atoms with E-state index in [1.54, 1.807) is 0 Å². The van der Waals surface area contributed by atoms with Gasteiger partial charge in [0.1, 0.15) is 5.52 Å². The van der Waals surface area contributed by atoms with Crippen LogP contribution in [-0.4, -0.2) is 4.98 Å². The number of para-hydroxylation sites is 1. The molecule has 1 aromatic heterocycles. The standard InChI is InChI=1S/C17H16N2O/c1-11-3-2-4-14-15(11)20-16(19-14)17(9-10-17)12-5-7-13(18)8-6-12/h2-8H,9-10,18H2,1H3. The van der Waals surface area contributed by atoms with Crippen LogP contribution in [0.5, 0.6) is 0 Å². The number of nitrogens with two attached hydrogens (primary N) is 1. The average molecular weight is 264 g/mol. The molecule has 1 saturated carbocycles. The van der Waals surface area contributed by atoms with E-state index in [0.29, 0.717) is 0 Å². The van der Waals surface area contributed by atoms with E-state index in [1.165, 1.54) is 5.56 Å². The fourth-order valence-electron chi connectivity index (χ4n) is 2.84. The van der Waals surface area contributed by atoms with Crippen LogP contribution in [0.3, 0.4) is 0 Å². The van der Waals surface area contributed by atoms with Crippen molar-refractivity contribution in [3.05, 3.63) is 59.5 Å². The summed E-state index contributed by atoms with van der Waals surface area (Å²) in [6, 6.07) is 14.2. The van der Waals surface area contributed by atoms with Gasteiger partial charge in [0.2, 0.25) is 5.89 Å². The van der Waals surface area contributed by atoms with Gasteiger partial charge in [-0.15, -0.1) is 0 Å². The van der Waals surface area contributed by atoms with E-state index in [-0.39, 0.29) is 5.41 Å². The van der Waals surface area contributed by atoms with Gasteiger partial charge in [-0.3, -0.25) is 0 Å². The summed E-state index contributed by atoms with van der Waals surface area (Å²) in [5.41, 5.74) is 10.8. The van der Waals surface area contributed by atoms with E-state index >= 15 is 0 Å². The van der Waals surface area contributed by atoms with Gasteiger partial charge in [-0.2, -0.15) is 0 Å². The van der Waals surface area contributed by atoms with Crippen LogP contribution in [0.4, 0.5) is 5.69 Å². The molecule has 20 heavy (non-hydrogen) atoms. The molecule has 4 rings (SSSR count). The van der Waals surface area contributed by atoms with Crippen molar-refractivity contribution in [2.24, 2.45) is 0 Å². The minimum absolute atomic E-state index is 0.0425. The molecular formula is C17H16N2O. The molecule has 0 atom stereocenters. The van der Waals surface area contributed by atoms with E-state index in [1.807, 2.05) is 24.3 Å². The molecule has 3 aromatic rings. The first-order chi connectivity index (χ1) is 9.69. The van der Waals surface area contributed by atoms with Gasteiger partial charge in [0.05, 0.1) is 5.41 Å². The highest BCUT2D eigenvalue weighted by Crippen LogP contribution is 2.53. The highest BCUT2D eigenvalue weighted by molar-refractivity contribution is 5.76. The summed E-state index contributed by atoms with van der Waals surface area (Å²) < 4.78 is 6.07. The van der Waals surface area contributed by atoms with Gasteiger partial charge in [-0.1, -0.05) is 24.3 Å². The lowest BCUT2D eigenvalue weighted by molar-refractivity contribution is 0.490. The summed E-state index contributed by atoms with van der Waals surface area (Å²) in [5.74, 6) is 0.839. The maximum Gasteiger partial charge on any atom is 0.206 e. The first-order valence-electron chi connectivity index (χ1n) is 6.92. The molecule has 3 heteroatoms. The second kappa shape index (κ2) is 3.85. The van der Waals surface area contributed by atoms with Crippen molar-refractivity contribution in [3.63, 3.8) is 0 Å². The van der Waals surface area contributed by atoms with Crippen LogP contribution in [0, 0.1) is 6.92 Å². The fourth-order valence-corrected chi connectivity index (χ4v) is 2.84. The summed E-state index contributed by atoms with van der Waals surface area (Å²) in [6.07, 6.45) is 2.17. The number of benzene rings is 2. The molecule has 0 unspecified atom stereocenters. The van der Waals surface area contributed by atoms with E-state index in [4.69, 9.17) is 15.1 Å². The Morgan fingerprint density at radius 2 is 1.85 bits per heavy atom. The number of hydrogen-bond donors (Lipinski definition) is 1. The molecule has 0 amide bonds. The lowest BCUT2D eigenvalue weighted by Gasteiger charge is -2.11. The number of aromatic nitrogens is 1. The van der Waals surface area contributed by atoms with Crippen LogP contribution in [-0.2, 0) is 5.41 Å². The summed E-state index contributed by atoms with van der Waals surface area (Å²) in [7, 11) is 0. The number of aryl methyl sites for hydroxylation is 1. The average Bonchev–Trinajstić information content (AvgIpc) is 3.13. The summed E-state index contributed by atoms with van der Waals surface area (Å²) in [5, 5.41) is 0. The Morgan fingerprint density at radius 1 is 1.10 bits per heavy atom. The molecule has 0 radical (unpaired) electrons. The van der Waals surface area contributed by atoms with Crippen LogP contribution in [0.15, 0.2) is 46.9 Å². The molecule has 1 aliphatic carbocycles. The third-order valence-electron chi connectivity index (χ3n) is 4.23. The van der Waals surface area contributed by atoms with Crippen molar-refractivity contribution in [3.8, 4) is 0 Å². The molecule has 2 aromatic carbocycles. The number of nitrogens with zero attached hydrogens (tertiary/aromatic N) is 1. The first kappa shape index (κ1) is 11.5. The topological polar surface area (TPSA) is 52.0 Å². The number of hydrogen-bond acceptors (Lipinski definition) is 3. The van der Waals surface area contributed by atoms with Crippen LogP contribution in [0.25, 0.3) is 11.1 Å². The van der Waals surface area contributed by atoms with Crippen molar-refractivity contribution >= 4 is 16.8 Å². The van der Waals surface area contributed by atoms with E-state index in [2.05, 4.69) is 25.1 Å². The van der Waals surface area contributed by atoms with E-state index in [0.717, 1.165) is 41.1 Å². The zero-order valence-electron chi connectivity index (χ0n) is 11.4. The van der Waals surface area contributed by atoms with Gasteiger partial charge < -0.3 is 10.2 Å². The number of anilines is 1. The smallest absolute Gasteiger partial charge is 0.206 e. The van der Waals surface area contributed by atoms with Crippen LogP contribution >= 0.6 is 0 Å². The van der Waals surface area contributed by atoms with Gasteiger partial charge in [-0.05, 0) is 49.1 Å². The minimum Gasteiger partial charge on any atom is -0.439 e. The minimum atomic E-state index is -0.0425. The van der Waals surface area contributed by atoms with E-state index in [9.17, 15) is 0 Å². The van der Waals surface area contributed by atoms with Crippen LogP contribution < -0.4 is 5.73 Å². The molecule has 100 valence electrons. The number of nitrogen functional groups attached to an aromatic ring is 1. The Labute approximate surface area is 117 Å². The highest BCUT2D eigenvalue weighted by Gasteiger charge is 2.50. The van der Waals surface area contributed by atoms with Gasteiger partial charge in [0.25, 0.3) is 0 Å². The third kappa shape index (κ3) is 1.56. The Hall–Kier alpha value is -2.29. The van der Waals surface area contributed by atoms with Gasteiger partial charge >= 0.3 is 0 Å². The van der Waals surface area contributed by atoms with Crippen molar-refractivity contribution in [1.82, 2.24) is 4.98 Å². The Bertz CT molecular complexity index is 782. The van der Waals surface area contributed by atoms with Crippen molar-refractivity contribution in [1.29, 1.82) is 0 Å². The molecule has 0 saturated heterocycles. The second-order valence-electron chi connectivity index (χ2n) is 5.65. The van der Waals surface area contributed by atoms with Crippen molar-refractivity contribution < 1.29 is 4.42 Å². The highest BCUT2D eigenvalue weighted by atomic mass is 16.4. The predicted octanol–water partition coefficient (Wildman–Crippen LogP) is 3.80.